The van der Waals surface area contributed by atoms with E-state index in [0.29, 0.717) is 5.92 Å². The van der Waals surface area contributed by atoms with Gasteiger partial charge in [-0.1, -0.05) is 35.8 Å². The van der Waals surface area contributed by atoms with E-state index in [9.17, 15) is 10.1 Å². The molecule has 33 heavy (non-hydrogen) atoms. The second-order valence-corrected chi connectivity index (χ2v) is 9.97. The van der Waals surface area contributed by atoms with E-state index in [1.54, 1.807) is 11.6 Å². The van der Waals surface area contributed by atoms with Crippen LogP contribution in [0.1, 0.15) is 55.5 Å². The Balaban J connectivity index is 1.46. The van der Waals surface area contributed by atoms with E-state index in [2.05, 4.69) is 52.9 Å². The number of pyridine rings is 1. The summed E-state index contributed by atoms with van der Waals surface area (Å²) in [5.74, 6) is 1.44. The second kappa shape index (κ2) is 8.35. The van der Waals surface area contributed by atoms with Crippen LogP contribution >= 0.6 is 15.9 Å². The van der Waals surface area contributed by atoms with Crippen molar-refractivity contribution in [2.45, 2.75) is 38.5 Å². The SMILES string of the molecule is CC(C)c1ccc2oc(C3CCN(c4c(C#N)c(=O)n(C)c5cc(Br)ccc45)CC3)nc2c1. The van der Waals surface area contributed by atoms with Gasteiger partial charge in [0.25, 0.3) is 5.56 Å². The number of hydrogen-bond donors (Lipinski definition) is 0. The van der Waals surface area contributed by atoms with Crippen LogP contribution in [-0.2, 0) is 7.05 Å². The third-order valence-electron chi connectivity index (χ3n) is 6.70. The molecule has 0 bridgehead atoms. The zero-order chi connectivity index (χ0) is 23.3. The van der Waals surface area contributed by atoms with Crippen LogP contribution in [0, 0.1) is 11.3 Å². The van der Waals surface area contributed by atoms with Gasteiger partial charge in [-0.15, -0.1) is 0 Å². The molecule has 4 aromatic rings. The first-order chi connectivity index (χ1) is 15.9. The third-order valence-corrected chi connectivity index (χ3v) is 7.19. The summed E-state index contributed by atoms with van der Waals surface area (Å²) < 4.78 is 8.56. The highest BCUT2D eigenvalue weighted by Crippen LogP contribution is 2.36. The Morgan fingerprint density at radius 2 is 1.94 bits per heavy atom. The molecule has 1 saturated heterocycles. The average molecular weight is 505 g/mol. The minimum absolute atomic E-state index is 0.203. The van der Waals surface area contributed by atoms with E-state index in [-0.39, 0.29) is 17.0 Å². The number of piperidine rings is 1. The zero-order valence-electron chi connectivity index (χ0n) is 18.9. The lowest BCUT2D eigenvalue weighted by molar-refractivity contribution is 0.407. The molecule has 1 aliphatic rings. The molecule has 3 heterocycles. The highest BCUT2D eigenvalue weighted by molar-refractivity contribution is 9.10. The number of anilines is 1. The Hall–Kier alpha value is -3.11. The van der Waals surface area contributed by atoms with Crippen LogP contribution < -0.4 is 10.5 Å². The minimum atomic E-state index is -0.264. The van der Waals surface area contributed by atoms with Crippen LogP contribution in [0.5, 0.6) is 0 Å². The lowest BCUT2D eigenvalue weighted by atomic mass is 9.95. The minimum Gasteiger partial charge on any atom is -0.440 e. The lowest BCUT2D eigenvalue weighted by Crippen LogP contribution is -2.35. The Bertz CT molecular complexity index is 1470. The quantitative estimate of drug-likeness (QED) is 0.351. The molecule has 0 radical (unpaired) electrons. The molecule has 1 aliphatic heterocycles. The van der Waals surface area contributed by atoms with Gasteiger partial charge in [0.2, 0.25) is 0 Å². The van der Waals surface area contributed by atoms with Crippen molar-refractivity contribution in [1.29, 1.82) is 5.26 Å². The smallest absolute Gasteiger partial charge is 0.270 e. The van der Waals surface area contributed by atoms with Crippen LogP contribution in [-0.4, -0.2) is 22.6 Å². The maximum atomic E-state index is 12.9. The molecule has 168 valence electrons. The van der Waals surface area contributed by atoms with Crippen molar-refractivity contribution in [1.82, 2.24) is 9.55 Å². The fraction of sp³-hybridized carbons (Fsp3) is 0.346. The third kappa shape index (κ3) is 3.72. The van der Waals surface area contributed by atoms with Gasteiger partial charge in [0.15, 0.2) is 11.5 Å². The number of hydrogen-bond acceptors (Lipinski definition) is 5. The number of halogens is 1. The van der Waals surface area contributed by atoms with Crippen molar-refractivity contribution < 1.29 is 4.42 Å². The molecule has 0 spiro atoms. The molecular weight excluding hydrogens is 480 g/mol. The topological polar surface area (TPSA) is 75.1 Å². The number of nitriles is 1. The Morgan fingerprint density at radius 3 is 2.64 bits per heavy atom. The maximum Gasteiger partial charge on any atom is 0.270 e. The summed E-state index contributed by atoms with van der Waals surface area (Å²) in [6, 6.07) is 14.3. The van der Waals surface area contributed by atoms with Gasteiger partial charge in [-0.05, 0) is 54.7 Å². The van der Waals surface area contributed by atoms with Gasteiger partial charge in [-0.3, -0.25) is 4.79 Å². The highest BCUT2D eigenvalue weighted by atomic mass is 79.9. The van der Waals surface area contributed by atoms with Crippen molar-refractivity contribution in [2.24, 2.45) is 7.05 Å². The second-order valence-electron chi connectivity index (χ2n) is 9.06. The first-order valence-electron chi connectivity index (χ1n) is 11.2. The van der Waals surface area contributed by atoms with Gasteiger partial charge in [0, 0.05) is 35.9 Å². The molecular formula is C26H25BrN4O2. The molecule has 0 amide bonds. The molecule has 0 atom stereocenters. The molecule has 1 fully saturated rings. The van der Waals surface area contributed by atoms with Crippen LogP contribution in [0.3, 0.4) is 0 Å². The van der Waals surface area contributed by atoms with Gasteiger partial charge in [-0.25, -0.2) is 4.98 Å². The number of benzene rings is 2. The summed E-state index contributed by atoms with van der Waals surface area (Å²) in [4.78, 5) is 19.9. The summed E-state index contributed by atoms with van der Waals surface area (Å²) in [6.45, 7) is 5.81. The molecule has 5 rings (SSSR count). The summed E-state index contributed by atoms with van der Waals surface area (Å²) in [5.41, 5.74) is 4.48. The predicted octanol–water partition coefficient (Wildman–Crippen LogP) is 5.82. The van der Waals surface area contributed by atoms with E-state index in [0.717, 1.165) is 64.0 Å². The molecule has 0 N–H and O–H groups in total. The van der Waals surface area contributed by atoms with Crippen LogP contribution in [0.2, 0.25) is 0 Å². The fourth-order valence-corrected chi connectivity index (χ4v) is 5.12. The predicted molar refractivity (Wildman–Crippen MR) is 134 cm³/mol. The Labute approximate surface area is 200 Å². The van der Waals surface area contributed by atoms with Crippen molar-refractivity contribution in [3.8, 4) is 6.07 Å². The average Bonchev–Trinajstić information content (AvgIpc) is 3.25. The van der Waals surface area contributed by atoms with E-state index >= 15 is 0 Å². The number of oxazole rings is 1. The standard InChI is InChI=1S/C26H25BrN4O2/c1-15(2)17-4-7-23-21(12-17)29-25(33-23)16-8-10-31(11-9-16)24-19-6-5-18(27)13-22(19)30(3)26(32)20(24)14-28/h4-7,12-13,15-16H,8-11H2,1-3H3. The van der Waals surface area contributed by atoms with Gasteiger partial charge >= 0.3 is 0 Å². The van der Waals surface area contributed by atoms with Crippen molar-refractivity contribution >= 4 is 43.6 Å². The maximum absolute atomic E-state index is 12.9. The fourth-order valence-electron chi connectivity index (χ4n) is 4.77. The van der Waals surface area contributed by atoms with Crippen molar-refractivity contribution in [2.75, 3.05) is 18.0 Å². The van der Waals surface area contributed by atoms with Gasteiger partial charge in [0.1, 0.15) is 17.1 Å². The highest BCUT2D eigenvalue weighted by Gasteiger charge is 2.28. The first-order valence-corrected chi connectivity index (χ1v) is 12.0. The molecule has 2 aromatic heterocycles. The number of aromatic nitrogens is 2. The largest absolute Gasteiger partial charge is 0.440 e. The van der Waals surface area contributed by atoms with Crippen LogP contribution in [0.25, 0.3) is 22.0 Å². The van der Waals surface area contributed by atoms with Gasteiger partial charge < -0.3 is 13.9 Å². The van der Waals surface area contributed by atoms with Crippen molar-refractivity contribution in [3.05, 3.63) is 68.2 Å². The van der Waals surface area contributed by atoms with E-state index in [1.807, 2.05) is 24.3 Å². The lowest BCUT2D eigenvalue weighted by Gasteiger charge is -2.33. The summed E-state index contributed by atoms with van der Waals surface area (Å²) >= 11 is 3.50. The van der Waals surface area contributed by atoms with E-state index in [1.165, 1.54) is 5.56 Å². The number of fused-ring (bicyclic) bond motifs is 2. The molecule has 0 aliphatic carbocycles. The number of rotatable bonds is 3. The summed E-state index contributed by atoms with van der Waals surface area (Å²) in [5, 5.41) is 10.7. The van der Waals surface area contributed by atoms with Crippen molar-refractivity contribution in [3.63, 3.8) is 0 Å². The summed E-state index contributed by atoms with van der Waals surface area (Å²) in [6.07, 6.45) is 1.70. The van der Waals surface area contributed by atoms with Gasteiger partial charge in [-0.2, -0.15) is 5.26 Å². The Kier molecular flexibility index (Phi) is 5.49. The Morgan fingerprint density at radius 1 is 1.18 bits per heavy atom. The molecule has 7 heteroatoms. The zero-order valence-corrected chi connectivity index (χ0v) is 20.5. The van der Waals surface area contributed by atoms with E-state index in [4.69, 9.17) is 9.40 Å². The van der Waals surface area contributed by atoms with Crippen LogP contribution in [0.4, 0.5) is 5.69 Å². The van der Waals surface area contributed by atoms with Crippen LogP contribution in [0.15, 0.2) is 50.1 Å². The molecule has 0 saturated carbocycles. The van der Waals surface area contributed by atoms with Gasteiger partial charge in [0.05, 0.1) is 11.2 Å². The number of aryl methyl sites for hydroxylation is 1. The normalized spacial score (nSPS) is 15.0. The molecule has 0 unspecified atom stereocenters. The molecule has 2 aromatic carbocycles. The molecule has 6 nitrogen and oxygen atoms in total. The first kappa shape index (κ1) is 21.7. The number of nitrogens with zero attached hydrogens (tertiary/aromatic N) is 4. The monoisotopic (exact) mass is 504 g/mol. The van der Waals surface area contributed by atoms with E-state index < -0.39 is 0 Å². The summed E-state index contributed by atoms with van der Waals surface area (Å²) in [7, 11) is 1.71.